The Morgan fingerprint density at radius 1 is 1.26 bits per heavy atom. The van der Waals surface area contributed by atoms with Crippen molar-refractivity contribution in [3.8, 4) is 0 Å². The molecular weight excluding hydrogens is 314 g/mol. The number of carbonyl (C=O) groups is 1. The lowest BCUT2D eigenvalue weighted by molar-refractivity contribution is 0.0302. The number of pyridine rings is 1. The van der Waals surface area contributed by atoms with E-state index in [0.717, 1.165) is 11.3 Å². The van der Waals surface area contributed by atoms with Crippen molar-refractivity contribution in [3.05, 3.63) is 52.7 Å². The minimum atomic E-state index is -0.00807. The fourth-order valence-corrected chi connectivity index (χ4v) is 2.60. The van der Waals surface area contributed by atoms with Crippen LogP contribution in [0.25, 0.3) is 0 Å². The molecule has 1 N–H and O–H groups in total. The van der Waals surface area contributed by atoms with Crippen LogP contribution in [0.4, 0.5) is 11.5 Å². The van der Waals surface area contributed by atoms with Crippen LogP contribution in [0, 0.1) is 6.92 Å². The number of ether oxygens (including phenoxy) is 1. The van der Waals surface area contributed by atoms with Gasteiger partial charge in [0, 0.05) is 30.0 Å². The first-order valence-corrected chi connectivity index (χ1v) is 7.88. The summed E-state index contributed by atoms with van der Waals surface area (Å²) in [5.41, 5.74) is 2.45. The number of nitrogens with zero attached hydrogens (tertiary/aromatic N) is 2. The van der Waals surface area contributed by atoms with Gasteiger partial charge in [-0.15, -0.1) is 0 Å². The zero-order valence-electron chi connectivity index (χ0n) is 12.9. The SMILES string of the molecule is Cc1c(Cl)cccc1Nc1ccc(C(=O)N2CCOCC2)cn1. The summed E-state index contributed by atoms with van der Waals surface area (Å²) in [6.07, 6.45) is 1.60. The average Bonchev–Trinajstić information content (AvgIpc) is 2.60. The van der Waals surface area contributed by atoms with Crippen LogP contribution in [0.1, 0.15) is 15.9 Å². The molecule has 1 aromatic carbocycles. The Bertz CT molecular complexity index is 697. The number of rotatable bonds is 3. The van der Waals surface area contributed by atoms with Gasteiger partial charge in [0.1, 0.15) is 5.82 Å². The Hall–Kier alpha value is -2.11. The topological polar surface area (TPSA) is 54.5 Å². The quantitative estimate of drug-likeness (QED) is 0.938. The lowest BCUT2D eigenvalue weighted by Crippen LogP contribution is -2.40. The van der Waals surface area contributed by atoms with E-state index in [9.17, 15) is 4.79 Å². The van der Waals surface area contributed by atoms with Crippen molar-refractivity contribution in [3.63, 3.8) is 0 Å². The summed E-state index contributed by atoms with van der Waals surface area (Å²) in [6, 6.07) is 9.25. The zero-order chi connectivity index (χ0) is 16.2. The first-order chi connectivity index (χ1) is 11.1. The molecule has 120 valence electrons. The van der Waals surface area contributed by atoms with Gasteiger partial charge in [-0.3, -0.25) is 4.79 Å². The summed E-state index contributed by atoms with van der Waals surface area (Å²) in [4.78, 5) is 18.5. The number of carbonyl (C=O) groups excluding carboxylic acids is 1. The van der Waals surface area contributed by atoms with Crippen molar-refractivity contribution < 1.29 is 9.53 Å². The summed E-state index contributed by atoms with van der Waals surface area (Å²) >= 11 is 6.11. The van der Waals surface area contributed by atoms with Crippen LogP contribution in [-0.4, -0.2) is 42.1 Å². The molecule has 1 aromatic heterocycles. The van der Waals surface area contributed by atoms with Crippen LogP contribution >= 0.6 is 11.6 Å². The minimum absolute atomic E-state index is 0.00807. The summed E-state index contributed by atoms with van der Waals surface area (Å²) in [7, 11) is 0. The van der Waals surface area contributed by atoms with E-state index in [1.54, 1.807) is 23.2 Å². The second kappa shape index (κ2) is 6.98. The molecule has 0 bridgehead atoms. The number of anilines is 2. The van der Waals surface area contributed by atoms with Crippen LogP contribution in [0.15, 0.2) is 36.5 Å². The molecule has 0 radical (unpaired) electrons. The van der Waals surface area contributed by atoms with E-state index in [1.807, 2.05) is 25.1 Å². The van der Waals surface area contributed by atoms with Crippen LogP contribution in [0.3, 0.4) is 0 Å². The lowest BCUT2D eigenvalue weighted by atomic mass is 10.2. The van der Waals surface area contributed by atoms with E-state index < -0.39 is 0 Å². The van der Waals surface area contributed by atoms with Gasteiger partial charge in [-0.1, -0.05) is 17.7 Å². The standard InChI is InChI=1S/C17H18ClN3O2/c1-12-14(18)3-2-4-15(12)20-16-6-5-13(11-19-16)17(22)21-7-9-23-10-8-21/h2-6,11H,7-10H2,1H3,(H,19,20). The third-order valence-corrected chi connectivity index (χ3v) is 4.25. The molecule has 0 atom stereocenters. The first kappa shape index (κ1) is 15.8. The predicted octanol–water partition coefficient (Wildman–Crippen LogP) is 3.26. The van der Waals surface area contributed by atoms with Crippen molar-refractivity contribution in [2.45, 2.75) is 6.92 Å². The highest BCUT2D eigenvalue weighted by Crippen LogP contribution is 2.25. The maximum Gasteiger partial charge on any atom is 0.255 e. The highest BCUT2D eigenvalue weighted by molar-refractivity contribution is 6.31. The fraction of sp³-hybridized carbons (Fsp3) is 0.294. The zero-order valence-corrected chi connectivity index (χ0v) is 13.6. The third-order valence-electron chi connectivity index (χ3n) is 3.84. The van der Waals surface area contributed by atoms with E-state index >= 15 is 0 Å². The molecule has 23 heavy (non-hydrogen) atoms. The van der Waals surface area contributed by atoms with Crippen LogP contribution in [0.5, 0.6) is 0 Å². The number of nitrogens with one attached hydrogen (secondary N) is 1. The molecule has 1 aliphatic rings. The molecule has 0 saturated carbocycles. The van der Waals surface area contributed by atoms with Gasteiger partial charge in [0.25, 0.3) is 5.91 Å². The maximum absolute atomic E-state index is 12.4. The molecule has 0 unspecified atom stereocenters. The molecular formula is C17H18ClN3O2. The Morgan fingerprint density at radius 2 is 2.04 bits per heavy atom. The Balaban J connectivity index is 1.71. The fourth-order valence-electron chi connectivity index (χ4n) is 2.42. The molecule has 2 aromatic rings. The Labute approximate surface area is 140 Å². The lowest BCUT2D eigenvalue weighted by Gasteiger charge is -2.26. The second-order valence-electron chi connectivity index (χ2n) is 5.37. The number of hydrogen-bond donors (Lipinski definition) is 1. The van der Waals surface area contributed by atoms with E-state index in [1.165, 1.54) is 0 Å². The average molecular weight is 332 g/mol. The van der Waals surface area contributed by atoms with Gasteiger partial charge in [-0.05, 0) is 36.8 Å². The van der Waals surface area contributed by atoms with Gasteiger partial charge >= 0.3 is 0 Å². The van der Waals surface area contributed by atoms with Crippen molar-refractivity contribution >= 4 is 29.0 Å². The van der Waals surface area contributed by atoms with Gasteiger partial charge in [0.2, 0.25) is 0 Å². The van der Waals surface area contributed by atoms with Gasteiger partial charge in [0.15, 0.2) is 0 Å². The summed E-state index contributed by atoms with van der Waals surface area (Å²) < 4.78 is 5.26. The largest absolute Gasteiger partial charge is 0.378 e. The molecule has 6 heteroatoms. The van der Waals surface area contributed by atoms with E-state index in [4.69, 9.17) is 16.3 Å². The number of amides is 1. The van der Waals surface area contributed by atoms with Gasteiger partial charge < -0.3 is 15.0 Å². The number of morpholine rings is 1. The van der Waals surface area contributed by atoms with E-state index in [2.05, 4.69) is 10.3 Å². The van der Waals surface area contributed by atoms with Gasteiger partial charge in [-0.2, -0.15) is 0 Å². The molecule has 0 aliphatic carbocycles. The molecule has 1 aliphatic heterocycles. The normalized spacial score (nSPS) is 14.6. The molecule has 1 amide bonds. The smallest absolute Gasteiger partial charge is 0.255 e. The maximum atomic E-state index is 12.4. The number of aromatic nitrogens is 1. The Kier molecular flexibility index (Phi) is 4.79. The van der Waals surface area contributed by atoms with Crippen molar-refractivity contribution in [1.82, 2.24) is 9.88 Å². The van der Waals surface area contributed by atoms with Crippen LogP contribution in [0.2, 0.25) is 5.02 Å². The number of benzene rings is 1. The molecule has 3 rings (SSSR count). The summed E-state index contributed by atoms with van der Waals surface area (Å²) in [6.45, 7) is 4.38. The summed E-state index contributed by atoms with van der Waals surface area (Å²) in [5.74, 6) is 0.667. The minimum Gasteiger partial charge on any atom is -0.378 e. The highest BCUT2D eigenvalue weighted by atomic mass is 35.5. The van der Waals surface area contributed by atoms with E-state index in [-0.39, 0.29) is 5.91 Å². The van der Waals surface area contributed by atoms with Gasteiger partial charge in [0.05, 0.1) is 18.8 Å². The monoisotopic (exact) mass is 331 g/mol. The van der Waals surface area contributed by atoms with Crippen molar-refractivity contribution in [2.24, 2.45) is 0 Å². The highest BCUT2D eigenvalue weighted by Gasteiger charge is 2.18. The Morgan fingerprint density at radius 3 is 2.74 bits per heavy atom. The van der Waals surface area contributed by atoms with Crippen LogP contribution in [-0.2, 0) is 4.74 Å². The second-order valence-corrected chi connectivity index (χ2v) is 5.78. The van der Waals surface area contributed by atoms with E-state index in [0.29, 0.717) is 42.7 Å². The molecule has 0 spiro atoms. The summed E-state index contributed by atoms with van der Waals surface area (Å²) in [5, 5.41) is 3.92. The van der Waals surface area contributed by atoms with Gasteiger partial charge in [-0.25, -0.2) is 4.98 Å². The molecule has 5 nitrogen and oxygen atoms in total. The molecule has 1 saturated heterocycles. The predicted molar refractivity (Wildman–Crippen MR) is 90.4 cm³/mol. The van der Waals surface area contributed by atoms with Crippen LogP contribution < -0.4 is 5.32 Å². The number of halogens is 1. The third kappa shape index (κ3) is 3.63. The van der Waals surface area contributed by atoms with Crippen molar-refractivity contribution in [1.29, 1.82) is 0 Å². The van der Waals surface area contributed by atoms with Crippen molar-refractivity contribution in [2.75, 3.05) is 31.6 Å². The molecule has 2 heterocycles. The number of hydrogen-bond acceptors (Lipinski definition) is 4. The molecule has 1 fully saturated rings. The first-order valence-electron chi connectivity index (χ1n) is 7.50.